The second kappa shape index (κ2) is 7.11. The lowest BCUT2D eigenvalue weighted by atomic mass is 9.99. The van der Waals surface area contributed by atoms with Crippen LogP contribution in [0.4, 0.5) is 0 Å². The predicted octanol–water partition coefficient (Wildman–Crippen LogP) is 3.51. The van der Waals surface area contributed by atoms with E-state index in [-0.39, 0.29) is 6.04 Å². The molecule has 2 rings (SSSR count). The Labute approximate surface area is 121 Å². The van der Waals surface area contributed by atoms with Crippen molar-refractivity contribution < 1.29 is 4.74 Å². The Kier molecular flexibility index (Phi) is 5.19. The van der Waals surface area contributed by atoms with Gasteiger partial charge in [0.05, 0.1) is 7.11 Å². The number of aryl methyl sites for hydroxylation is 2. The van der Waals surface area contributed by atoms with Crippen LogP contribution in [0.1, 0.15) is 23.1 Å². The fourth-order valence-corrected chi connectivity index (χ4v) is 2.36. The summed E-state index contributed by atoms with van der Waals surface area (Å²) in [6, 6.07) is 16.9. The highest BCUT2D eigenvalue weighted by molar-refractivity contribution is 5.33. The Morgan fingerprint density at radius 1 is 1.05 bits per heavy atom. The molecule has 2 N–H and O–H groups in total. The largest absolute Gasteiger partial charge is 0.496 e. The molecule has 0 saturated heterocycles. The molecule has 0 aliphatic rings. The lowest BCUT2D eigenvalue weighted by Gasteiger charge is -2.14. The van der Waals surface area contributed by atoms with E-state index in [1.54, 1.807) is 7.11 Å². The molecule has 0 spiro atoms. The molecule has 0 fully saturated rings. The van der Waals surface area contributed by atoms with Crippen LogP contribution < -0.4 is 10.5 Å². The Morgan fingerprint density at radius 3 is 2.45 bits per heavy atom. The zero-order chi connectivity index (χ0) is 14.4. The molecule has 0 heterocycles. The van der Waals surface area contributed by atoms with Crippen LogP contribution >= 0.6 is 0 Å². The van der Waals surface area contributed by atoms with Gasteiger partial charge >= 0.3 is 0 Å². The minimum Gasteiger partial charge on any atom is -0.496 e. The molecule has 2 aromatic rings. The Morgan fingerprint density at radius 2 is 1.75 bits per heavy atom. The monoisotopic (exact) mass is 269 g/mol. The molecule has 0 saturated carbocycles. The van der Waals surface area contributed by atoms with Crippen LogP contribution in [0.15, 0.2) is 48.5 Å². The molecule has 0 aromatic heterocycles. The summed E-state index contributed by atoms with van der Waals surface area (Å²) >= 11 is 0. The number of hydrogen-bond donors (Lipinski definition) is 1. The van der Waals surface area contributed by atoms with Crippen LogP contribution in [0.25, 0.3) is 0 Å². The molecule has 0 aliphatic heterocycles. The average molecular weight is 269 g/mol. The first-order valence-corrected chi connectivity index (χ1v) is 7.12. The van der Waals surface area contributed by atoms with Gasteiger partial charge in [-0.25, -0.2) is 0 Å². The van der Waals surface area contributed by atoms with Crippen molar-refractivity contribution in [3.05, 3.63) is 65.2 Å². The summed E-state index contributed by atoms with van der Waals surface area (Å²) in [5, 5.41) is 0. The molecule has 0 aliphatic carbocycles. The van der Waals surface area contributed by atoms with Crippen molar-refractivity contribution >= 4 is 0 Å². The van der Waals surface area contributed by atoms with E-state index < -0.39 is 0 Å². The number of nitrogens with two attached hydrogens (primary N) is 1. The van der Waals surface area contributed by atoms with E-state index in [1.807, 2.05) is 18.2 Å². The quantitative estimate of drug-likeness (QED) is 0.871. The van der Waals surface area contributed by atoms with Crippen molar-refractivity contribution in [2.75, 3.05) is 7.11 Å². The zero-order valence-electron chi connectivity index (χ0n) is 12.3. The number of benzene rings is 2. The van der Waals surface area contributed by atoms with E-state index in [4.69, 9.17) is 10.5 Å². The zero-order valence-corrected chi connectivity index (χ0v) is 12.3. The molecule has 0 amide bonds. The van der Waals surface area contributed by atoms with Gasteiger partial charge in [-0.2, -0.15) is 0 Å². The molecular formula is C18H23NO. The smallest absolute Gasteiger partial charge is 0.122 e. The molecule has 0 bridgehead atoms. The SMILES string of the molecule is COc1ccccc1CC(N)CCc1ccc(C)cc1. The van der Waals surface area contributed by atoms with Gasteiger partial charge in [0.15, 0.2) is 0 Å². The summed E-state index contributed by atoms with van der Waals surface area (Å²) < 4.78 is 5.37. The topological polar surface area (TPSA) is 35.2 Å². The van der Waals surface area contributed by atoms with E-state index in [0.717, 1.165) is 25.0 Å². The third-order valence-electron chi connectivity index (χ3n) is 3.60. The summed E-state index contributed by atoms with van der Waals surface area (Å²) in [4.78, 5) is 0. The van der Waals surface area contributed by atoms with E-state index >= 15 is 0 Å². The van der Waals surface area contributed by atoms with Crippen LogP contribution in [-0.2, 0) is 12.8 Å². The fraction of sp³-hybridized carbons (Fsp3) is 0.333. The minimum atomic E-state index is 0.160. The third kappa shape index (κ3) is 4.10. The van der Waals surface area contributed by atoms with Crippen LogP contribution in [0.2, 0.25) is 0 Å². The number of hydrogen-bond acceptors (Lipinski definition) is 2. The van der Waals surface area contributed by atoms with Gasteiger partial charge in [0.1, 0.15) is 5.75 Å². The maximum absolute atomic E-state index is 6.25. The number of para-hydroxylation sites is 1. The predicted molar refractivity (Wildman–Crippen MR) is 84.2 cm³/mol. The Balaban J connectivity index is 1.89. The summed E-state index contributed by atoms with van der Waals surface area (Å²) in [6.07, 6.45) is 2.87. The van der Waals surface area contributed by atoms with Gasteiger partial charge in [0, 0.05) is 6.04 Å². The van der Waals surface area contributed by atoms with Gasteiger partial charge in [0.2, 0.25) is 0 Å². The lowest BCUT2D eigenvalue weighted by molar-refractivity contribution is 0.407. The lowest BCUT2D eigenvalue weighted by Crippen LogP contribution is -2.23. The van der Waals surface area contributed by atoms with Gasteiger partial charge in [-0.15, -0.1) is 0 Å². The van der Waals surface area contributed by atoms with Gasteiger partial charge in [0.25, 0.3) is 0 Å². The molecule has 0 radical (unpaired) electrons. The van der Waals surface area contributed by atoms with E-state index in [0.29, 0.717) is 0 Å². The van der Waals surface area contributed by atoms with Crippen molar-refractivity contribution in [3.8, 4) is 5.75 Å². The van der Waals surface area contributed by atoms with Crippen molar-refractivity contribution in [1.29, 1.82) is 0 Å². The molecule has 1 unspecified atom stereocenters. The maximum Gasteiger partial charge on any atom is 0.122 e. The van der Waals surface area contributed by atoms with Crippen molar-refractivity contribution in [3.63, 3.8) is 0 Å². The van der Waals surface area contributed by atoms with Crippen molar-refractivity contribution in [1.82, 2.24) is 0 Å². The van der Waals surface area contributed by atoms with Crippen molar-refractivity contribution in [2.24, 2.45) is 5.73 Å². The number of methoxy groups -OCH3 is 1. The molecule has 1 atom stereocenters. The molecule has 2 heteroatoms. The van der Waals surface area contributed by atoms with Gasteiger partial charge in [-0.05, 0) is 43.4 Å². The fourth-order valence-electron chi connectivity index (χ4n) is 2.36. The highest BCUT2D eigenvalue weighted by Crippen LogP contribution is 2.19. The number of ether oxygens (including phenoxy) is 1. The summed E-state index contributed by atoms with van der Waals surface area (Å²) in [6.45, 7) is 2.11. The molecule has 20 heavy (non-hydrogen) atoms. The molecule has 106 valence electrons. The normalized spacial score (nSPS) is 12.2. The summed E-state index contributed by atoms with van der Waals surface area (Å²) in [7, 11) is 1.71. The number of rotatable bonds is 6. The van der Waals surface area contributed by atoms with E-state index in [2.05, 4.69) is 37.3 Å². The van der Waals surface area contributed by atoms with Gasteiger partial charge in [-0.3, -0.25) is 0 Å². The minimum absolute atomic E-state index is 0.160. The second-order valence-corrected chi connectivity index (χ2v) is 5.30. The van der Waals surface area contributed by atoms with Crippen LogP contribution in [0.5, 0.6) is 5.75 Å². The first-order valence-electron chi connectivity index (χ1n) is 7.12. The second-order valence-electron chi connectivity index (χ2n) is 5.30. The van der Waals surface area contributed by atoms with E-state index in [9.17, 15) is 0 Å². The Hall–Kier alpha value is -1.80. The average Bonchev–Trinajstić information content (AvgIpc) is 2.47. The van der Waals surface area contributed by atoms with Crippen LogP contribution in [0.3, 0.4) is 0 Å². The highest BCUT2D eigenvalue weighted by atomic mass is 16.5. The molecule has 2 aromatic carbocycles. The highest BCUT2D eigenvalue weighted by Gasteiger charge is 2.08. The standard InChI is InChI=1S/C18H23NO/c1-14-7-9-15(10-8-14)11-12-17(19)13-16-5-3-4-6-18(16)20-2/h3-10,17H,11-13,19H2,1-2H3. The summed E-state index contributed by atoms with van der Waals surface area (Å²) in [5.74, 6) is 0.929. The summed E-state index contributed by atoms with van der Waals surface area (Å²) in [5.41, 5.74) is 10.1. The molecule has 2 nitrogen and oxygen atoms in total. The molecular weight excluding hydrogens is 246 g/mol. The van der Waals surface area contributed by atoms with Crippen molar-refractivity contribution in [2.45, 2.75) is 32.2 Å². The first kappa shape index (κ1) is 14.6. The van der Waals surface area contributed by atoms with Gasteiger partial charge < -0.3 is 10.5 Å². The third-order valence-corrected chi connectivity index (χ3v) is 3.60. The first-order chi connectivity index (χ1) is 9.69. The maximum atomic E-state index is 6.25. The van der Waals surface area contributed by atoms with E-state index in [1.165, 1.54) is 16.7 Å². The van der Waals surface area contributed by atoms with Crippen LogP contribution in [-0.4, -0.2) is 13.2 Å². The van der Waals surface area contributed by atoms with Crippen LogP contribution in [0, 0.1) is 6.92 Å². The van der Waals surface area contributed by atoms with Gasteiger partial charge in [-0.1, -0.05) is 48.0 Å². The Bertz CT molecular complexity index is 533.